The van der Waals surface area contributed by atoms with Crippen LogP contribution in [0.15, 0.2) is 0 Å². The monoisotopic (exact) mass is 186 g/mol. The van der Waals surface area contributed by atoms with Gasteiger partial charge in [-0.05, 0) is 20.4 Å². The van der Waals surface area contributed by atoms with E-state index in [1.165, 1.54) is 0 Å². The Bertz CT molecular complexity index is 173. The van der Waals surface area contributed by atoms with Crippen LogP contribution in [0.5, 0.6) is 0 Å². The van der Waals surface area contributed by atoms with E-state index in [1.807, 2.05) is 18.9 Å². The van der Waals surface area contributed by atoms with Crippen molar-refractivity contribution in [1.29, 1.82) is 0 Å². The summed E-state index contributed by atoms with van der Waals surface area (Å²) >= 11 is 0. The van der Waals surface area contributed by atoms with Crippen molar-refractivity contribution in [2.24, 2.45) is 0 Å². The average Bonchev–Trinajstić information content (AvgIpc) is 2.48. The Morgan fingerprint density at radius 2 is 2.46 bits per heavy atom. The lowest BCUT2D eigenvalue weighted by Gasteiger charge is -2.15. The van der Waals surface area contributed by atoms with Crippen LogP contribution in [0.2, 0.25) is 0 Å². The second-order valence-electron chi connectivity index (χ2n) is 3.15. The third kappa shape index (κ3) is 2.67. The second kappa shape index (κ2) is 5.19. The van der Waals surface area contributed by atoms with Gasteiger partial charge in [-0.3, -0.25) is 4.79 Å². The first-order chi connectivity index (χ1) is 6.29. The van der Waals surface area contributed by atoms with E-state index >= 15 is 0 Å². The molecule has 1 amide bonds. The molecule has 1 rings (SSSR count). The standard InChI is InChI=1S/C9H18N2O2/c1-3-13-7-6-11-5-4-8(10-2)9(11)12/h8,10H,3-7H2,1-2H3. The van der Waals surface area contributed by atoms with E-state index in [0.717, 1.165) is 26.1 Å². The SMILES string of the molecule is CCOCCN1CCC(NC)C1=O. The number of nitrogens with zero attached hydrogens (tertiary/aromatic N) is 1. The number of likely N-dealkylation sites (tertiary alicyclic amines) is 1. The minimum atomic E-state index is 0.0293. The lowest BCUT2D eigenvalue weighted by Crippen LogP contribution is -2.37. The molecule has 0 spiro atoms. The maximum absolute atomic E-state index is 11.5. The molecule has 0 aliphatic carbocycles. The lowest BCUT2D eigenvalue weighted by molar-refractivity contribution is -0.129. The van der Waals surface area contributed by atoms with Crippen molar-refractivity contribution in [1.82, 2.24) is 10.2 Å². The van der Waals surface area contributed by atoms with Crippen LogP contribution in [0.4, 0.5) is 0 Å². The van der Waals surface area contributed by atoms with Crippen molar-refractivity contribution < 1.29 is 9.53 Å². The molecule has 1 heterocycles. The van der Waals surface area contributed by atoms with Gasteiger partial charge >= 0.3 is 0 Å². The Labute approximate surface area is 79.2 Å². The summed E-state index contributed by atoms with van der Waals surface area (Å²) in [5.74, 6) is 0.210. The normalized spacial score (nSPS) is 22.8. The highest BCUT2D eigenvalue weighted by molar-refractivity contribution is 5.83. The van der Waals surface area contributed by atoms with E-state index in [4.69, 9.17) is 4.74 Å². The Hall–Kier alpha value is -0.610. The quantitative estimate of drug-likeness (QED) is 0.607. The maximum Gasteiger partial charge on any atom is 0.239 e. The topological polar surface area (TPSA) is 41.6 Å². The fraction of sp³-hybridized carbons (Fsp3) is 0.889. The van der Waals surface area contributed by atoms with Gasteiger partial charge in [0.2, 0.25) is 5.91 Å². The molecule has 4 nitrogen and oxygen atoms in total. The van der Waals surface area contributed by atoms with Gasteiger partial charge in [0.15, 0.2) is 0 Å². The highest BCUT2D eigenvalue weighted by Gasteiger charge is 2.29. The molecule has 1 atom stereocenters. The first-order valence-corrected chi connectivity index (χ1v) is 4.83. The minimum Gasteiger partial charge on any atom is -0.380 e. The van der Waals surface area contributed by atoms with Crippen molar-refractivity contribution >= 4 is 5.91 Å². The predicted molar refractivity (Wildman–Crippen MR) is 50.5 cm³/mol. The molecule has 0 bridgehead atoms. The van der Waals surface area contributed by atoms with Crippen LogP contribution in [0.3, 0.4) is 0 Å². The van der Waals surface area contributed by atoms with Crippen LogP contribution in [0, 0.1) is 0 Å². The van der Waals surface area contributed by atoms with Gasteiger partial charge in [-0.25, -0.2) is 0 Å². The van der Waals surface area contributed by atoms with Crippen molar-refractivity contribution in [3.63, 3.8) is 0 Å². The number of hydrogen-bond acceptors (Lipinski definition) is 3. The Balaban J connectivity index is 2.24. The molecule has 1 aliphatic heterocycles. The number of likely N-dealkylation sites (N-methyl/N-ethyl adjacent to an activating group) is 1. The Kier molecular flexibility index (Phi) is 4.18. The van der Waals surface area contributed by atoms with Crippen LogP contribution in [-0.2, 0) is 9.53 Å². The third-order valence-corrected chi connectivity index (χ3v) is 2.36. The summed E-state index contributed by atoms with van der Waals surface area (Å²) in [4.78, 5) is 13.4. The van der Waals surface area contributed by atoms with Gasteiger partial charge < -0.3 is 15.0 Å². The van der Waals surface area contributed by atoms with Gasteiger partial charge in [0.05, 0.1) is 12.6 Å². The molecule has 1 N–H and O–H groups in total. The van der Waals surface area contributed by atoms with Gasteiger partial charge in [0.1, 0.15) is 0 Å². The summed E-state index contributed by atoms with van der Waals surface area (Å²) in [6, 6.07) is 0.0293. The fourth-order valence-corrected chi connectivity index (χ4v) is 1.55. The van der Waals surface area contributed by atoms with Crippen molar-refractivity contribution in [3.8, 4) is 0 Å². The molecule has 0 aromatic carbocycles. The van der Waals surface area contributed by atoms with E-state index in [0.29, 0.717) is 6.61 Å². The van der Waals surface area contributed by atoms with Gasteiger partial charge in [-0.2, -0.15) is 0 Å². The highest BCUT2D eigenvalue weighted by Crippen LogP contribution is 2.09. The van der Waals surface area contributed by atoms with E-state index in [9.17, 15) is 4.79 Å². The van der Waals surface area contributed by atoms with E-state index in [-0.39, 0.29) is 11.9 Å². The third-order valence-electron chi connectivity index (χ3n) is 2.36. The molecule has 1 unspecified atom stereocenters. The van der Waals surface area contributed by atoms with Gasteiger partial charge in [0, 0.05) is 19.7 Å². The number of carbonyl (C=O) groups excluding carboxylic acids is 1. The van der Waals surface area contributed by atoms with Gasteiger partial charge in [-0.15, -0.1) is 0 Å². The number of amides is 1. The molecule has 13 heavy (non-hydrogen) atoms. The molecule has 0 radical (unpaired) electrons. The zero-order valence-electron chi connectivity index (χ0n) is 8.38. The molecular formula is C9H18N2O2. The molecule has 1 saturated heterocycles. The van der Waals surface area contributed by atoms with Crippen LogP contribution < -0.4 is 5.32 Å². The summed E-state index contributed by atoms with van der Waals surface area (Å²) in [5, 5.41) is 3.00. The van der Waals surface area contributed by atoms with Gasteiger partial charge in [0.25, 0.3) is 0 Å². The maximum atomic E-state index is 11.5. The van der Waals surface area contributed by atoms with E-state index in [1.54, 1.807) is 0 Å². The predicted octanol–water partition coefficient (Wildman–Crippen LogP) is -0.157. The molecule has 0 aromatic heterocycles. The zero-order chi connectivity index (χ0) is 9.68. The van der Waals surface area contributed by atoms with Gasteiger partial charge in [-0.1, -0.05) is 0 Å². The number of nitrogens with one attached hydrogen (secondary N) is 1. The summed E-state index contributed by atoms with van der Waals surface area (Å²) in [5.41, 5.74) is 0. The van der Waals surface area contributed by atoms with Crippen LogP contribution in [0.25, 0.3) is 0 Å². The molecule has 0 aromatic rings. The fourth-order valence-electron chi connectivity index (χ4n) is 1.55. The molecule has 1 fully saturated rings. The highest BCUT2D eigenvalue weighted by atomic mass is 16.5. The number of rotatable bonds is 5. The first-order valence-electron chi connectivity index (χ1n) is 4.83. The zero-order valence-corrected chi connectivity index (χ0v) is 8.38. The largest absolute Gasteiger partial charge is 0.380 e. The summed E-state index contributed by atoms with van der Waals surface area (Å²) in [6.45, 7) is 4.92. The second-order valence-corrected chi connectivity index (χ2v) is 3.15. The molecule has 0 saturated carbocycles. The van der Waals surface area contributed by atoms with E-state index < -0.39 is 0 Å². The molecule has 4 heteroatoms. The summed E-state index contributed by atoms with van der Waals surface area (Å²) < 4.78 is 5.20. The number of carbonyl (C=O) groups is 1. The van der Waals surface area contributed by atoms with Crippen LogP contribution in [-0.4, -0.2) is 50.2 Å². The van der Waals surface area contributed by atoms with Crippen LogP contribution >= 0.6 is 0 Å². The smallest absolute Gasteiger partial charge is 0.239 e. The Morgan fingerprint density at radius 1 is 1.69 bits per heavy atom. The first kappa shape index (κ1) is 10.5. The summed E-state index contributed by atoms with van der Waals surface area (Å²) in [6.07, 6.45) is 0.918. The summed E-state index contributed by atoms with van der Waals surface area (Å²) in [7, 11) is 1.83. The Morgan fingerprint density at radius 3 is 3.00 bits per heavy atom. The lowest BCUT2D eigenvalue weighted by atomic mass is 10.3. The van der Waals surface area contributed by atoms with E-state index in [2.05, 4.69) is 5.32 Å². The number of ether oxygens (including phenoxy) is 1. The van der Waals surface area contributed by atoms with Crippen molar-refractivity contribution in [3.05, 3.63) is 0 Å². The van der Waals surface area contributed by atoms with Crippen molar-refractivity contribution in [2.45, 2.75) is 19.4 Å². The van der Waals surface area contributed by atoms with Crippen molar-refractivity contribution in [2.75, 3.05) is 33.4 Å². The molecule has 76 valence electrons. The molecular weight excluding hydrogens is 168 g/mol. The molecule has 1 aliphatic rings. The minimum absolute atomic E-state index is 0.0293. The average molecular weight is 186 g/mol. The number of hydrogen-bond donors (Lipinski definition) is 1. The van der Waals surface area contributed by atoms with Crippen LogP contribution in [0.1, 0.15) is 13.3 Å².